The second-order valence-corrected chi connectivity index (χ2v) is 5.59. The molecule has 0 saturated heterocycles. The van der Waals surface area contributed by atoms with Gasteiger partial charge in [-0.3, -0.25) is 0 Å². The third kappa shape index (κ3) is 3.88. The molecule has 0 aliphatic heterocycles. The van der Waals surface area contributed by atoms with Gasteiger partial charge in [0.25, 0.3) is 0 Å². The maximum absolute atomic E-state index is 8.92. The van der Waals surface area contributed by atoms with Crippen LogP contribution in [0.5, 0.6) is 0 Å². The molecule has 20 heavy (non-hydrogen) atoms. The number of oxime groups is 1. The summed E-state index contributed by atoms with van der Waals surface area (Å²) in [6.45, 7) is 0. The number of pyridine rings is 1. The zero-order valence-corrected chi connectivity index (χ0v) is 12.2. The Kier molecular flexibility index (Phi) is 5.26. The number of thioether (sulfide) groups is 1. The standard InChI is InChI=1S/C14H14ClN3OS/c15-11-6-7-13(17-8-11)20-9-12(14(16)18-19)10-4-2-1-3-5-10/h1-8,12,19H,9H2,(H2,16,18). The molecular weight excluding hydrogens is 294 g/mol. The molecular formula is C14H14ClN3OS. The molecule has 0 radical (unpaired) electrons. The minimum absolute atomic E-state index is 0.163. The number of hydrogen-bond donors (Lipinski definition) is 2. The van der Waals surface area contributed by atoms with Crippen molar-refractivity contribution in [3.63, 3.8) is 0 Å². The van der Waals surface area contributed by atoms with Crippen LogP contribution in [0.3, 0.4) is 0 Å². The first-order chi connectivity index (χ1) is 9.70. The number of aromatic nitrogens is 1. The van der Waals surface area contributed by atoms with Crippen LogP contribution in [-0.4, -0.2) is 21.8 Å². The molecule has 4 nitrogen and oxygen atoms in total. The Hall–Kier alpha value is -1.72. The maximum atomic E-state index is 8.92. The largest absolute Gasteiger partial charge is 0.409 e. The van der Waals surface area contributed by atoms with Gasteiger partial charge in [-0.05, 0) is 17.7 Å². The summed E-state index contributed by atoms with van der Waals surface area (Å²) in [4.78, 5) is 4.22. The highest BCUT2D eigenvalue weighted by Crippen LogP contribution is 2.26. The molecule has 0 aliphatic rings. The van der Waals surface area contributed by atoms with Crippen molar-refractivity contribution in [1.29, 1.82) is 0 Å². The number of nitrogens with zero attached hydrogens (tertiary/aromatic N) is 2. The number of nitrogens with two attached hydrogens (primary N) is 1. The van der Waals surface area contributed by atoms with E-state index in [0.717, 1.165) is 10.6 Å². The summed E-state index contributed by atoms with van der Waals surface area (Å²) >= 11 is 7.33. The van der Waals surface area contributed by atoms with Crippen LogP contribution in [0.4, 0.5) is 0 Å². The normalized spacial score (nSPS) is 13.2. The highest BCUT2D eigenvalue weighted by atomic mass is 35.5. The molecule has 1 unspecified atom stereocenters. The molecule has 6 heteroatoms. The predicted molar refractivity (Wildman–Crippen MR) is 82.6 cm³/mol. The Balaban J connectivity index is 2.11. The van der Waals surface area contributed by atoms with E-state index in [-0.39, 0.29) is 11.8 Å². The molecule has 0 saturated carbocycles. The molecule has 0 amide bonds. The summed E-state index contributed by atoms with van der Waals surface area (Å²) in [6, 6.07) is 13.3. The quantitative estimate of drug-likeness (QED) is 0.292. The van der Waals surface area contributed by atoms with E-state index in [0.29, 0.717) is 10.8 Å². The van der Waals surface area contributed by atoms with Gasteiger partial charge in [-0.1, -0.05) is 47.1 Å². The van der Waals surface area contributed by atoms with Gasteiger partial charge in [-0.15, -0.1) is 11.8 Å². The molecule has 0 spiro atoms. The van der Waals surface area contributed by atoms with E-state index >= 15 is 0 Å². The van der Waals surface area contributed by atoms with Crippen molar-refractivity contribution >= 4 is 29.2 Å². The fourth-order valence-corrected chi connectivity index (χ4v) is 2.83. The molecule has 2 aromatic rings. The number of amidine groups is 1. The van der Waals surface area contributed by atoms with Crippen molar-refractivity contribution < 1.29 is 5.21 Å². The Morgan fingerprint density at radius 3 is 2.65 bits per heavy atom. The summed E-state index contributed by atoms with van der Waals surface area (Å²) < 4.78 is 0. The van der Waals surface area contributed by atoms with Gasteiger partial charge < -0.3 is 10.9 Å². The van der Waals surface area contributed by atoms with Crippen LogP contribution in [0.25, 0.3) is 0 Å². The van der Waals surface area contributed by atoms with Crippen molar-refractivity contribution in [3.05, 3.63) is 59.2 Å². The molecule has 0 aliphatic carbocycles. The van der Waals surface area contributed by atoms with E-state index in [1.54, 1.807) is 12.3 Å². The average Bonchev–Trinajstić information content (AvgIpc) is 2.50. The highest BCUT2D eigenvalue weighted by molar-refractivity contribution is 7.99. The van der Waals surface area contributed by atoms with E-state index in [1.165, 1.54) is 11.8 Å². The lowest BCUT2D eigenvalue weighted by Crippen LogP contribution is -2.23. The monoisotopic (exact) mass is 307 g/mol. The van der Waals surface area contributed by atoms with Crippen molar-refractivity contribution in [2.24, 2.45) is 10.9 Å². The van der Waals surface area contributed by atoms with Gasteiger partial charge >= 0.3 is 0 Å². The number of rotatable bonds is 5. The molecule has 0 bridgehead atoms. The fraction of sp³-hybridized carbons (Fsp3) is 0.143. The van der Waals surface area contributed by atoms with E-state index in [1.807, 2.05) is 36.4 Å². The molecule has 3 N–H and O–H groups in total. The highest BCUT2D eigenvalue weighted by Gasteiger charge is 2.17. The third-order valence-electron chi connectivity index (χ3n) is 2.77. The lowest BCUT2D eigenvalue weighted by Gasteiger charge is -2.15. The zero-order valence-electron chi connectivity index (χ0n) is 10.6. The van der Waals surface area contributed by atoms with Gasteiger partial charge in [0.2, 0.25) is 0 Å². The minimum Gasteiger partial charge on any atom is -0.409 e. The molecule has 1 aromatic carbocycles. The van der Waals surface area contributed by atoms with Crippen LogP contribution in [0, 0.1) is 0 Å². The Morgan fingerprint density at radius 1 is 1.30 bits per heavy atom. The number of benzene rings is 1. The summed E-state index contributed by atoms with van der Waals surface area (Å²) in [6.07, 6.45) is 1.60. The van der Waals surface area contributed by atoms with Gasteiger partial charge in [0.05, 0.1) is 16.0 Å². The molecule has 2 rings (SSSR count). The number of hydrogen-bond acceptors (Lipinski definition) is 4. The fourth-order valence-electron chi connectivity index (χ4n) is 1.72. The van der Waals surface area contributed by atoms with Gasteiger partial charge in [0, 0.05) is 11.9 Å². The van der Waals surface area contributed by atoms with E-state index in [4.69, 9.17) is 22.5 Å². The lowest BCUT2D eigenvalue weighted by atomic mass is 10.0. The summed E-state index contributed by atoms with van der Waals surface area (Å²) in [5.74, 6) is 0.662. The van der Waals surface area contributed by atoms with Crippen molar-refractivity contribution in [3.8, 4) is 0 Å². The molecule has 1 atom stereocenters. The van der Waals surface area contributed by atoms with Crippen LogP contribution in [0.2, 0.25) is 5.02 Å². The van der Waals surface area contributed by atoms with Gasteiger partial charge in [0.1, 0.15) is 5.84 Å². The van der Waals surface area contributed by atoms with Crippen molar-refractivity contribution in [1.82, 2.24) is 4.98 Å². The van der Waals surface area contributed by atoms with Gasteiger partial charge in [-0.25, -0.2) is 4.98 Å². The Labute approximate surface area is 126 Å². The van der Waals surface area contributed by atoms with E-state index in [2.05, 4.69) is 10.1 Å². The van der Waals surface area contributed by atoms with E-state index in [9.17, 15) is 0 Å². The van der Waals surface area contributed by atoms with E-state index < -0.39 is 0 Å². The lowest BCUT2D eigenvalue weighted by molar-refractivity contribution is 0.316. The summed E-state index contributed by atoms with van der Waals surface area (Å²) in [5.41, 5.74) is 6.79. The molecule has 0 fully saturated rings. The maximum Gasteiger partial charge on any atom is 0.147 e. The Bertz CT molecular complexity index is 575. The first-order valence-corrected chi connectivity index (χ1v) is 7.34. The SMILES string of the molecule is NC(=NO)C(CSc1ccc(Cl)cn1)c1ccccc1. The van der Waals surface area contributed by atoms with Crippen molar-refractivity contribution in [2.45, 2.75) is 10.9 Å². The van der Waals surface area contributed by atoms with Crippen LogP contribution in [0.15, 0.2) is 58.8 Å². The van der Waals surface area contributed by atoms with Crippen molar-refractivity contribution in [2.75, 3.05) is 5.75 Å². The molecule has 104 valence electrons. The smallest absolute Gasteiger partial charge is 0.147 e. The minimum atomic E-state index is -0.163. The third-order valence-corrected chi connectivity index (χ3v) is 4.03. The molecule has 1 heterocycles. The van der Waals surface area contributed by atoms with Crippen LogP contribution >= 0.6 is 23.4 Å². The first-order valence-electron chi connectivity index (χ1n) is 5.97. The second-order valence-electron chi connectivity index (χ2n) is 4.11. The summed E-state index contributed by atoms with van der Waals surface area (Å²) in [7, 11) is 0. The van der Waals surface area contributed by atoms with Gasteiger partial charge in [-0.2, -0.15) is 0 Å². The molecule has 1 aromatic heterocycles. The van der Waals surface area contributed by atoms with Crippen LogP contribution in [0.1, 0.15) is 11.5 Å². The number of halogens is 1. The average molecular weight is 308 g/mol. The second kappa shape index (κ2) is 7.17. The predicted octanol–water partition coefficient (Wildman–Crippen LogP) is 3.36. The zero-order chi connectivity index (χ0) is 14.4. The van der Waals surface area contributed by atoms with Crippen LogP contribution < -0.4 is 5.73 Å². The Morgan fingerprint density at radius 2 is 2.05 bits per heavy atom. The first kappa shape index (κ1) is 14.7. The van der Waals surface area contributed by atoms with Crippen LogP contribution in [-0.2, 0) is 0 Å². The summed E-state index contributed by atoms with van der Waals surface area (Å²) in [5, 5.41) is 13.5. The van der Waals surface area contributed by atoms with Gasteiger partial charge in [0.15, 0.2) is 0 Å². The topological polar surface area (TPSA) is 71.5 Å².